The summed E-state index contributed by atoms with van der Waals surface area (Å²) in [6.07, 6.45) is 1.61. The molecule has 0 bridgehead atoms. The van der Waals surface area contributed by atoms with Crippen molar-refractivity contribution in [2.45, 2.75) is 45.5 Å². The minimum absolute atomic E-state index is 0.0187. The number of aromatic nitrogens is 2. The highest BCUT2D eigenvalue weighted by molar-refractivity contribution is 6.14. The van der Waals surface area contributed by atoms with E-state index in [1.54, 1.807) is 13.4 Å². The lowest BCUT2D eigenvalue weighted by Crippen LogP contribution is -2.50. The average Bonchev–Trinajstić information content (AvgIpc) is 3.11. The molecule has 1 aromatic heterocycles. The largest absolute Gasteiger partial charge is 0.488 e. The molecule has 2 aliphatic heterocycles. The standard InChI is InChI=1S/C22H28N4O3/c1-14-10-28-11-15(2)26(14)21-8-20(24-13-25-21)22-19-7-18(29-16(3)12-27-4)6-5-17(19)9-23-22/h5-8,13-16H,9-12H2,1-4H3/t14-,15+,16-/m0/s1. The van der Waals surface area contributed by atoms with Crippen molar-refractivity contribution in [3.8, 4) is 5.75 Å². The molecule has 154 valence electrons. The number of hydrogen-bond acceptors (Lipinski definition) is 7. The summed E-state index contributed by atoms with van der Waals surface area (Å²) < 4.78 is 16.8. The Hall–Kier alpha value is -2.51. The number of ether oxygens (including phenoxy) is 3. The predicted octanol–water partition coefficient (Wildman–Crippen LogP) is 2.85. The van der Waals surface area contributed by atoms with Gasteiger partial charge in [-0.15, -0.1) is 0 Å². The second-order valence-electron chi connectivity index (χ2n) is 7.77. The van der Waals surface area contributed by atoms with Crippen LogP contribution in [0.2, 0.25) is 0 Å². The summed E-state index contributed by atoms with van der Waals surface area (Å²) in [5.41, 5.74) is 3.98. The first kappa shape index (κ1) is 19.8. The first-order chi connectivity index (χ1) is 14.1. The van der Waals surface area contributed by atoms with Crippen LogP contribution in [0.1, 0.15) is 37.6 Å². The van der Waals surface area contributed by atoms with E-state index in [1.165, 1.54) is 5.56 Å². The molecule has 0 spiro atoms. The Morgan fingerprint density at radius 1 is 1.17 bits per heavy atom. The lowest BCUT2D eigenvalue weighted by molar-refractivity contribution is 0.0752. The Bertz CT molecular complexity index is 891. The van der Waals surface area contributed by atoms with Gasteiger partial charge in [-0.1, -0.05) is 6.07 Å². The molecule has 0 unspecified atom stereocenters. The maximum absolute atomic E-state index is 5.98. The van der Waals surface area contributed by atoms with E-state index >= 15 is 0 Å². The molecular weight excluding hydrogens is 368 g/mol. The van der Waals surface area contributed by atoms with E-state index in [2.05, 4.69) is 40.8 Å². The lowest BCUT2D eigenvalue weighted by atomic mass is 10.0. The number of anilines is 1. The number of methoxy groups -OCH3 is 1. The SMILES string of the molecule is COC[C@H](C)Oc1ccc2c(c1)C(c1cc(N3[C@H](C)COC[C@@H]3C)ncn1)=NC2. The van der Waals surface area contributed by atoms with Gasteiger partial charge in [-0.05, 0) is 38.5 Å². The molecule has 0 aliphatic carbocycles. The number of benzene rings is 1. The van der Waals surface area contributed by atoms with Crippen molar-refractivity contribution in [2.75, 3.05) is 31.8 Å². The van der Waals surface area contributed by atoms with Crippen molar-refractivity contribution in [1.82, 2.24) is 9.97 Å². The zero-order chi connectivity index (χ0) is 20.4. The van der Waals surface area contributed by atoms with Crippen LogP contribution in [-0.4, -0.2) is 60.8 Å². The fourth-order valence-corrected chi connectivity index (χ4v) is 4.03. The maximum atomic E-state index is 5.98. The van der Waals surface area contributed by atoms with Crippen molar-refractivity contribution in [3.05, 3.63) is 47.4 Å². The van der Waals surface area contributed by atoms with Gasteiger partial charge < -0.3 is 19.1 Å². The molecule has 0 amide bonds. The number of nitrogens with zero attached hydrogens (tertiary/aromatic N) is 4. The summed E-state index contributed by atoms with van der Waals surface area (Å²) in [6, 6.07) is 8.69. The predicted molar refractivity (Wildman–Crippen MR) is 112 cm³/mol. The van der Waals surface area contributed by atoms with Crippen LogP contribution in [0.15, 0.2) is 35.6 Å². The maximum Gasteiger partial charge on any atom is 0.133 e. The third-order valence-corrected chi connectivity index (χ3v) is 5.31. The average molecular weight is 396 g/mol. The third kappa shape index (κ3) is 4.11. The molecule has 7 heteroatoms. The second-order valence-corrected chi connectivity index (χ2v) is 7.77. The summed E-state index contributed by atoms with van der Waals surface area (Å²) in [5.74, 6) is 1.73. The molecule has 1 aromatic carbocycles. The Balaban J connectivity index is 1.61. The zero-order valence-electron chi connectivity index (χ0n) is 17.5. The van der Waals surface area contributed by atoms with Crippen molar-refractivity contribution in [3.63, 3.8) is 0 Å². The van der Waals surface area contributed by atoms with Gasteiger partial charge in [0.15, 0.2) is 0 Å². The van der Waals surface area contributed by atoms with Crippen LogP contribution in [0.4, 0.5) is 5.82 Å². The van der Waals surface area contributed by atoms with Crippen LogP contribution in [0.5, 0.6) is 5.75 Å². The van der Waals surface area contributed by atoms with E-state index in [9.17, 15) is 0 Å². The number of morpholine rings is 1. The van der Waals surface area contributed by atoms with Crippen LogP contribution in [0, 0.1) is 0 Å². The summed E-state index contributed by atoms with van der Waals surface area (Å²) >= 11 is 0. The van der Waals surface area contributed by atoms with Crippen LogP contribution >= 0.6 is 0 Å². The number of rotatable bonds is 6. The van der Waals surface area contributed by atoms with Gasteiger partial charge in [-0.2, -0.15) is 0 Å². The van der Waals surface area contributed by atoms with Gasteiger partial charge in [0.25, 0.3) is 0 Å². The monoisotopic (exact) mass is 396 g/mol. The van der Waals surface area contributed by atoms with Crippen molar-refractivity contribution < 1.29 is 14.2 Å². The Kier molecular flexibility index (Phi) is 5.78. The summed E-state index contributed by atoms with van der Waals surface area (Å²) in [5, 5.41) is 0. The molecule has 4 rings (SSSR count). The number of hydrogen-bond donors (Lipinski definition) is 0. The van der Waals surface area contributed by atoms with Gasteiger partial charge in [0.2, 0.25) is 0 Å². The van der Waals surface area contributed by atoms with E-state index < -0.39 is 0 Å². The van der Waals surface area contributed by atoms with E-state index in [4.69, 9.17) is 19.2 Å². The van der Waals surface area contributed by atoms with Crippen molar-refractivity contribution >= 4 is 11.5 Å². The van der Waals surface area contributed by atoms with Crippen molar-refractivity contribution in [1.29, 1.82) is 0 Å². The van der Waals surface area contributed by atoms with E-state index in [1.807, 2.05) is 19.1 Å². The summed E-state index contributed by atoms with van der Waals surface area (Å²) in [4.78, 5) is 16.1. The number of aliphatic imine (C=N–C) groups is 1. The van der Waals surface area contributed by atoms with Crippen LogP contribution < -0.4 is 9.64 Å². The second kappa shape index (κ2) is 8.47. The molecule has 29 heavy (non-hydrogen) atoms. The molecule has 0 saturated carbocycles. The highest BCUT2D eigenvalue weighted by Gasteiger charge is 2.28. The van der Waals surface area contributed by atoms with Gasteiger partial charge in [-0.25, -0.2) is 9.97 Å². The molecule has 0 N–H and O–H groups in total. The van der Waals surface area contributed by atoms with Crippen LogP contribution in [0.25, 0.3) is 0 Å². The normalized spacial score (nSPS) is 22.2. The quantitative estimate of drug-likeness (QED) is 0.748. The van der Waals surface area contributed by atoms with E-state index in [0.29, 0.717) is 26.4 Å². The topological polar surface area (TPSA) is 69.1 Å². The van der Waals surface area contributed by atoms with E-state index in [-0.39, 0.29) is 18.2 Å². The first-order valence-electron chi connectivity index (χ1n) is 10.1. The summed E-state index contributed by atoms with van der Waals surface area (Å²) in [7, 11) is 1.68. The molecule has 2 aromatic rings. The fourth-order valence-electron chi connectivity index (χ4n) is 4.03. The van der Waals surface area contributed by atoms with Gasteiger partial charge in [0.05, 0.1) is 49.9 Å². The Morgan fingerprint density at radius 2 is 1.97 bits per heavy atom. The molecule has 0 radical (unpaired) electrons. The zero-order valence-corrected chi connectivity index (χ0v) is 17.5. The minimum Gasteiger partial charge on any atom is -0.488 e. The molecule has 1 saturated heterocycles. The van der Waals surface area contributed by atoms with Gasteiger partial charge in [-0.3, -0.25) is 4.99 Å². The van der Waals surface area contributed by atoms with Gasteiger partial charge in [0, 0.05) is 18.7 Å². The van der Waals surface area contributed by atoms with Crippen molar-refractivity contribution in [2.24, 2.45) is 4.99 Å². The molecule has 2 aliphatic rings. The molecule has 1 fully saturated rings. The lowest BCUT2D eigenvalue weighted by Gasteiger charge is -2.39. The molecule has 3 atom stereocenters. The van der Waals surface area contributed by atoms with E-state index in [0.717, 1.165) is 28.5 Å². The van der Waals surface area contributed by atoms with Gasteiger partial charge in [0.1, 0.15) is 24.0 Å². The molecule has 7 nitrogen and oxygen atoms in total. The molecule has 3 heterocycles. The highest BCUT2D eigenvalue weighted by atomic mass is 16.5. The number of fused-ring (bicyclic) bond motifs is 1. The smallest absolute Gasteiger partial charge is 0.133 e. The first-order valence-corrected chi connectivity index (χ1v) is 10.1. The minimum atomic E-state index is -0.0187. The fraction of sp³-hybridized carbons (Fsp3) is 0.500. The highest BCUT2D eigenvalue weighted by Crippen LogP contribution is 2.29. The van der Waals surface area contributed by atoms with Crippen LogP contribution in [-0.2, 0) is 16.0 Å². The Morgan fingerprint density at radius 3 is 2.72 bits per heavy atom. The summed E-state index contributed by atoms with van der Waals surface area (Å²) in [6.45, 7) is 8.91. The van der Waals surface area contributed by atoms with Crippen LogP contribution in [0.3, 0.4) is 0 Å². The van der Waals surface area contributed by atoms with Gasteiger partial charge >= 0.3 is 0 Å². The third-order valence-electron chi connectivity index (χ3n) is 5.31. The molecular formula is C22H28N4O3. The Labute approximate surface area is 171 Å².